The van der Waals surface area contributed by atoms with Crippen LogP contribution >= 0.6 is 11.6 Å². The summed E-state index contributed by atoms with van der Waals surface area (Å²) in [5.74, 6) is -0.462. The van der Waals surface area contributed by atoms with Crippen LogP contribution in [0.15, 0.2) is 36.7 Å². The van der Waals surface area contributed by atoms with Gasteiger partial charge in [0.05, 0.1) is 28.6 Å². The third-order valence-corrected chi connectivity index (χ3v) is 6.39. The van der Waals surface area contributed by atoms with Crippen molar-refractivity contribution >= 4 is 17.7 Å². The van der Waals surface area contributed by atoms with Crippen molar-refractivity contribution in [3.05, 3.63) is 53.2 Å². The van der Waals surface area contributed by atoms with E-state index in [2.05, 4.69) is 5.10 Å². The Bertz CT molecular complexity index is 1150. The number of ether oxygens (including phenoxy) is 1. The second-order valence-corrected chi connectivity index (χ2v) is 9.22. The molecule has 2 saturated carbocycles. The lowest BCUT2D eigenvalue weighted by molar-refractivity contribution is -0.0548. The molecule has 8 heteroatoms. The quantitative estimate of drug-likeness (QED) is 0.590. The van der Waals surface area contributed by atoms with Crippen molar-refractivity contribution in [2.45, 2.75) is 57.3 Å². The van der Waals surface area contributed by atoms with Crippen molar-refractivity contribution in [1.29, 1.82) is 0 Å². The molecule has 0 saturated heterocycles. The lowest BCUT2D eigenvalue weighted by Crippen LogP contribution is -2.42. The lowest BCUT2D eigenvalue weighted by atomic mass is 9.77. The molecule has 6 nitrogen and oxygen atoms in total. The molecule has 2 aromatic heterocycles. The maximum atomic E-state index is 14.6. The summed E-state index contributed by atoms with van der Waals surface area (Å²) in [7, 11) is 0. The van der Waals surface area contributed by atoms with E-state index in [1.165, 1.54) is 10.6 Å². The largest absolute Gasteiger partial charge is 0.446 e. The highest BCUT2D eigenvalue weighted by Gasteiger charge is 2.40. The Balaban J connectivity index is 1.58. The van der Waals surface area contributed by atoms with E-state index in [9.17, 15) is 14.3 Å². The van der Waals surface area contributed by atoms with Gasteiger partial charge in [0.2, 0.25) is 0 Å². The Morgan fingerprint density at radius 3 is 2.74 bits per heavy atom. The third-order valence-electron chi connectivity index (χ3n) is 6.08. The van der Waals surface area contributed by atoms with Crippen molar-refractivity contribution in [2.75, 3.05) is 0 Å². The zero-order chi connectivity index (χ0) is 21.9. The molecule has 2 aliphatic carbocycles. The van der Waals surface area contributed by atoms with Gasteiger partial charge in [-0.05, 0) is 57.7 Å². The molecular weight excluding hydrogens is 421 g/mol. The lowest BCUT2D eigenvalue weighted by Gasteiger charge is -2.41. The number of benzene rings is 1. The van der Waals surface area contributed by atoms with Gasteiger partial charge >= 0.3 is 6.09 Å². The maximum Gasteiger partial charge on any atom is 0.418 e. The van der Waals surface area contributed by atoms with Crippen LogP contribution in [0.25, 0.3) is 22.4 Å². The highest BCUT2D eigenvalue weighted by Crippen LogP contribution is 2.43. The van der Waals surface area contributed by atoms with Crippen molar-refractivity contribution in [3.63, 3.8) is 0 Å². The molecule has 1 aromatic carbocycles. The fraction of sp³-hybridized carbons (Fsp3) is 0.391. The Hall–Kier alpha value is -2.64. The summed E-state index contributed by atoms with van der Waals surface area (Å²) in [6.07, 6.45) is 5.64. The van der Waals surface area contributed by atoms with Crippen molar-refractivity contribution < 1.29 is 19.0 Å². The molecular formula is C23H23ClFN3O3. The van der Waals surface area contributed by atoms with Crippen LogP contribution in [0.5, 0.6) is 0 Å². The third kappa shape index (κ3) is 3.66. The predicted molar refractivity (Wildman–Crippen MR) is 115 cm³/mol. The summed E-state index contributed by atoms with van der Waals surface area (Å²) in [6.45, 7) is 3.74. The fourth-order valence-corrected chi connectivity index (χ4v) is 4.56. The first-order valence-electron chi connectivity index (χ1n) is 10.4. The van der Waals surface area contributed by atoms with Crippen molar-refractivity contribution in [1.82, 2.24) is 14.3 Å². The molecule has 0 amide bonds. The summed E-state index contributed by atoms with van der Waals surface area (Å²) in [5, 5.41) is 14.9. The number of rotatable bonds is 4. The van der Waals surface area contributed by atoms with Gasteiger partial charge in [-0.1, -0.05) is 17.7 Å². The highest BCUT2D eigenvalue weighted by molar-refractivity contribution is 6.33. The van der Waals surface area contributed by atoms with Crippen LogP contribution in [0.3, 0.4) is 0 Å². The van der Waals surface area contributed by atoms with Crippen LogP contribution in [0, 0.1) is 12.7 Å². The average molecular weight is 444 g/mol. The van der Waals surface area contributed by atoms with Gasteiger partial charge in [0.25, 0.3) is 0 Å². The van der Waals surface area contributed by atoms with E-state index in [4.69, 9.17) is 16.3 Å². The van der Waals surface area contributed by atoms with E-state index in [0.29, 0.717) is 24.1 Å². The SMILES string of the molecule is Cc1c(-c2cc(-c3c(F)cccc3Cl)cn2C(=O)OC2CC2)cnn1C1CC(C)(O)C1. The fourth-order valence-electron chi connectivity index (χ4n) is 4.29. The molecule has 0 atom stereocenters. The Kier molecular flexibility index (Phi) is 4.71. The molecule has 3 aromatic rings. The summed E-state index contributed by atoms with van der Waals surface area (Å²) < 4.78 is 23.4. The number of carbonyl (C=O) groups excluding carboxylic acids is 1. The molecule has 162 valence electrons. The van der Waals surface area contributed by atoms with Gasteiger partial charge in [0, 0.05) is 28.6 Å². The Morgan fingerprint density at radius 1 is 1.35 bits per heavy atom. The molecule has 5 rings (SSSR count). The smallest absolute Gasteiger partial charge is 0.418 e. The van der Waals surface area contributed by atoms with E-state index in [1.807, 2.05) is 18.5 Å². The molecule has 2 aliphatic rings. The van der Waals surface area contributed by atoms with Crippen LogP contribution in [-0.2, 0) is 4.74 Å². The second kappa shape index (κ2) is 7.21. The average Bonchev–Trinajstić information content (AvgIpc) is 3.26. The molecule has 0 aliphatic heterocycles. The highest BCUT2D eigenvalue weighted by atomic mass is 35.5. The molecule has 0 spiro atoms. The first kappa shape index (κ1) is 20.3. The van der Waals surface area contributed by atoms with Gasteiger partial charge in [-0.15, -0.1) is 0 Å². The standard InChI is InChI=1S/C23H23ClFN3O3/c1-13-17(11-26-28(13)15-9-23(2,30)10-15)20-8-14(21-18(24)4-3-5-19(21)25)12-27(20)22(29)31-16-6-7-16/h3-5,8,11-12,15-16,30H,6-7,9-10H2,1-2H3. The Labute approximate surface area is 184 Å². The zero-order valence-electron chi connectivity index (χ0n) is 17.3. The first-order chi connectivity index (χ1) is 14.7. The summed E-state index contributed by atoms with van der Waals surface area (Å²) in [4.78, 5) is 12.9. The van der Waals surface area contributed by atoms with Gasteiger partial charge < -0.3 is 9.84 Å². The topological polar surface area (TPSA) is 69.3 Å². The van der Waals surface area contributed by atoms with Gasteiger partial charge in [-0.3, -0.25) is 9.25 Å². The molecule has 0 bridgehead atoms. The van der Waals surface area contributed by atoms with E-state index in [1.54, 1.807) is 30.6 Å². The van der Waals surface area contributed by atoms with Crippen molar-refractivity contribution in [3.8, 4) is 22.4 Å². The number of halogens is 2. The first-order valence-corrected chi connectivity index (χ1v) is 10.8. The van der Waals surface area contributed by atoms with Gasteiger partial charge in [-0.2, -0.15) is 5.10 Å². The number of aromatic nitrogens is 3. The molecule has 1 N–H and O–H groups in total. The minimum absolute atomic E-state index is 0.0655. The summed E-state index contributed by atoms with van der Waals surface area (Å²) >= 11 is 6.27. The van der Waals surface area contributed by atoms with Gasteiger partial charge in [0.15, 0.2) is 0 Å². The second-order valence-electron chi connectivity index (χ2n) is 8.81. The Morgan fingerprint density at radius 2 is 2.10 bits per heavy atom. The van der Waals surface area contributed by atoms with Crippen LogP contribution < -0.4 is 0 Å². The molecule has 2 heterocycles. The van der Waals surface area contributed by atoms with E-state index >= 15 is 0 Å². The minimum atomic E-state index is -0.674. The van der Waals surface area contributed by atoms with E-state index in [0.717, 1.165) is 24.1 Å². The van der Waals surface area contributed by atoms with Crippen LogP contribution in [0.1, 0.15) is 44.3 Å². The number of aliphatic hydroxyl groups is 1. The monoisotopic (exact) mass is 443 g/mol. The maximum absolute atomic E-state index is 14.6. The van der Waals surface area contributed by atoms with Gasteiger partial charge in [0.1, 0.15) is 11.9 Å². The van der Waals surface area contributed by atoms with Crippen LogP contribution in [-0.4, -0.2) is 37.3 Å². The molecule has 0 radical (unpaired) electrons. The van der Waals surface area contributed by atoms with E-state index in [-0.39, 0.29) is 22.7 Å². The number of hydrogen-bond donors (Lipinski definition) is 1. The summed E-state index contributed by atoms with van der Waals surface area (Å²) in [5.41, 5.74) is 2.23. The number of nitrogens with zero attached hydrogens (tertiary/aromatic N) is 3. The normalized spacial score (nSPS) is 22.9. The van der Waals surface area contributed by atoms with E-state index < -0.39 is 17.5 Å². The predicted octanol–water partition coefficient (Wildman–Crippen LogP) is 5.35. The molecule has 0 unspecified atom stereocenters. The molecule has 2 fully saturated rings. The van der Waals surface area contributed by atoms with Crippen LogP contribution in [0.2, 0.25) is 5.02 Å². The van der Waals surface area contributed by atoms with Crippen molar-refractivity contribution in [2.24, 2.45) is 0 Å². The zero-order valence-corrected chi connectivity index (χ0v) is 18.1. The number of carbonyl (C=O) groups is 1. The number of hydrogen-bond acceptors (Lipinski definition) is 4. The van der Waals surface area contributed by atoms with Gasteiger partial charge in [-0.25, -0.2) is 9.18 Å². The molecule has 31 heavy (non-hydrogen) atoms. The minimum Gasteiger partial charge on any atom is -0.446 e. The summed E-state index contributed by atoms with van der Waals surface area (Å²) in [6, 6.07) is 6.34. The van der Waals surface area contributed by atoms with Crippen LogP contribution in [0.4, 0.5) is 9.18 Å².